The Morgan fingerprint density at radius 1 is 0.860 bits per heavy atom. The first-order valence-electron chi connectivity index (χ1n) is 15.8. The van der Waals surface area contributed by atoms with Gasteiger partial charge in [0, 0.05) is 33.2 Å². The number of hydrogen-bond acceptors (Lipinski definition) is 7. The number of benzene rings is 3. The van der Waals surface area contributed by atoms with Crippen LogP contribution in [0, 0.1) is 17.3 Å². The van der Waals surface area contributed by atoms with Gasteiger partial charge in [-0.2, -0.15) is 22.0 Å². The van der Waals surface area contributed by atoms with Crippen LogP contribution in [0.2, 0.25) is 0 Å². The topological polar surface area (TPSA) is 110 Å². The molecule has 266 valence electrons. The van der Waals surface area contributed by atoms with Gasteiger partial charge in [-0.1, -0.05) is 49.0 Å². The average Bonchev–Trinajstić information content (AvgIpc) is 3.36. The predicted octanol–water partition coefficient (Wildman–Crippen LogP) is 8.79. The number of carbonyl (C=O) groups is 2. The van der Waals surface area contributed by atoms with Crippen LogP contribution in [0.25, 0.3) is 25.1 Å². The molecule has 4 bridgehead atoms. The average molecular weight is 737 g/mol. The highest BCUT2D eigenvalue weighted by Gasteiger charge is 2.67. The summed E-state index contributed by atoms with van der Waals surface area (Å²) in [4.78, 5) is 26.2. The molecule has 8 rings (SSSR count). The van der Waals surface area contributed by atoms with Crippen molar-refractivity contribution in [2.24, 2.45) is 17.3 Å². The molecule has 14 heteroatoms. The fourth-order valence-corrected chi connectivity index (χ4v) is 11.0. The smallest absolute Gasteiger partial charge is 0.432 e. The summed E-state index contributed by atoms with van der Waals surface area (Å²) in [6, 6.07) is 28.4. The molecular formula is C36H33F5O7S2. The van der Waals surface area contributed by atoms with Crippen LogP contribution in [-0.4, -0.2) is 48.0 Å². The highest BCUT2D eigenvalue weighted by molar-refractivity contribution is 7.86. The van der Waals surface area contributed by atoms with Crippen LogP contribution in [0.1, 0.15) is 45.4 Å². The van der Waals surface area contributed by atoms with Gasteiger partial charge < -0.3 is 14.0 Å². The number of alkyl halides is 5. The van der Waals surface area contributed by atoms with Gasteiger partial charge in [0.25, 0.3) is 6.10 Å². The molecule has 4 aliphatic carbocycles. The number of carbonyl (C=O) groups excluding carboxylic acids is 2. The van der Waals surface area contributed by atoms with Crippen LogP contribution in [-0.2, 0) is 29.2 Å². The second-order valence-electron chi connectivity index (χ2n) is 13.5. The van der Waals surface area contributed by atoms with Crippen molar-refractivity contribution in [1.29, 1.82) is 0 Å². The van der Waals surface area contributed by atoms with Crippen molar-refractivity contribution >= 4 is 52.7 Å². The molecular weight excluding hydrogens is 704 g/mol. The highest BCUT2D eigenvalue weighted by Crippen LogP contribution is 2.63. The third-order valence-corrected chi connectivity index (χ3v) is 13.0. The SMILES string of the molecule is C=C(C)C(=O)OC12CC3CC(C1)CC(C(=O)OC(C(F)(F)F)C(F)(F)S(=O)(=O)[O-])(C3)C2.c1ccc(-[s+]2c3ccccc3c3ccccc32)cc1. The van der Waals surface area contributed by atoms with Gasteiger partial charge in [-0.05, 0) is 87.3 Å². The van der Waals surface area contributed by atoms with E-state index in [1.165, 1.54) is 32.0 Å². The Bertz CT molecular complexity index is 2010. The molecule has 1 heterocycles. The molecule has 0 N–H and O–H groups in total. The molecule has 1 aromatic heterocycles. The van der Waals surface area contributed by atoms with Gasteiger partial charge in [0.1, 0.15) is 5.60 Å². The number of rotatable bonds is 7. The van der Waals surface area contributed by atoms with Gasteiger partial charge in [-0.25, -0.2) is 13.2 Å². The fourth-order valence-electron chi connectivity index (χ4n) is 8.17. The maximum absolute atomic E-state index is 13.8. The molecule has 0 spiro atoms. The number of fused-ring (bicyclic) bond motifs is 3. The molecule has 3 atom stereocenters. The number of hydrogen-bond donors (Lipinski definition) is 0. The minimum atomic E-state index is -6.78. The van der Waals surface area contributed by atoms with E-state index in [4.69, 9.17) is 4.74 Å². The molecule has 0 aliphatic heterocycles. The Kier molecular flexibility index (Phi) is 9.13. The Morgan fingerprint density at radius 3 is 1.84 bits per heavy atom. The first-order valence-corrected chi connectivity index (χ1v) is 18.5. The lowest BCUT2D eigenvalue weighted by Gasteiger charge is -2.59. The predicted molar refractivity (Wildman–Crippen MR) is 177 cm³/mol. The zero-order valence-corrected chi connectivity index (χ0v) is 28.4. The number of ether oxygens (including phenoxy) is 2. The standard InChI is InChI=1S/C18H21F5O7S.C18H13S/c1-9(2)12(24)30-16-6-10-3-11(7-16)5-15(4-10,8-16)14(25)29-13(17(19,20)21)18(22,23)31(26,27)28;1-2-8-14(9-3-1)19-17-12-6-4-10-15(17)16-11-5-7-13-18(16)19/h10-11,13H,1,3-8H2,2H3,(H,26,27,28);1-13H/q;+1/p-1. The Labute approximate surface area is 287 Å². The van der Waals surface area contributed by atoms with Gasteiger partial charge in [0.2, 0.25) is 0 Å². The lowest BCUT2D eigenvalue weighted by atomic mass is 9.48. The highest BCUT2D eigenvalue weighted by atomic mass is 32.2. The van der Waals surface area contributed by atoms with E-state index in [0.29, 0.717) is 19.3 Å². The van der Waals surface area contributed by atoms with Crippen molar-refractivity contribution in [1.82, 2.24) is 0 Å². The summed E-state index contributed by atoms with van der Waals surface area (Å²) < 4.78 is 112. The van der Waals surface area contributed by atoms with Crippen molar-refractivity contribution in [2.45, 2.75) is 68.6 Å². The van der Waals surface area contributed by atoms with Gasteiger partial charge in [0.05, 0.1) is 5.41 Å². The van der Waals surface area contributed by atoms with Crippen molar-refractivity contribution in [3.63, 3.8) is 0 Å². The summed E-state index contributed by atoms with van der Waals surface area (Å²) in [6.07, 6.45) is -9.33. The summed E-state index contributed by atoms with van der Waals surface area (Å²) in [7, 11) is -6.72. The zero-order chi connectivity index (χ0) is 36.3. The molecule has 4 fully saturated rings. The summed E-state index contributed by atoms with van der Waals surface area (Å²) in [6.45, 7) is 4.86. The molecule has 0 saturated heterocycles. The Morgan fingerprint density at radius 2 is 1.36 bits per heavy atom. The number of thiophene rings is 1. The molecule has 3 unspecified atom stereocenters. The second kappa shape index (κ2) is 12.7. The van der Waals surface area contributed by atoms with Crippen LogP contribution in [0.15, 0.2) is 91.0 Å². The maximum atomic E-state index is 13.8. The van der Waals surface area contributed by atoms with E-state index in [1.54, 1.807) is 0 Å². The van der Waals surface area contributed by atoms with Crippen LogP contribution in [0.4, 0.5) is 22.0 Å². The number of halogens is 5. The summed E-state index contributed by atoms with van der Waals surface area (Å²) in [5.74, 6) is -2.87. The largest absolute Gasteiger partial charge is 0.743 e. The van der Waals surface area contributed by atoms with Crippen LogP contribution in [0.3, 0.4) is 0 Å². The molecule has 4 saturated carbocycles. The molecule has 4 aromatic rings. The van der Waals surface area contributed by atoms with Gasteiger partial charge in [0.15, 0.2) is 24.4 Å². The normalized spacial score (nSPS) is 25.1. The molecule has 3 aromatic carbocycles. The summed E-state index contributed by atoms with van der Waals surface area (Å²) in [5, 5.41) is -3.12. The minimum absolute atomic E-state index is 0.0228. The third-order valence-electron chi connectivity index (χ3n) is 9.74. The zero-order valence-electron chi connectivity index (χ0n) is 26.8. The van der Waals surface area contributed by atoms with Crippen LogP contribution >= 0.6 is 10.5 Å². The van der Waals surface area contributed by atoms with E-state index in [0.717, 1.165) is 0 Å². The van der Waals surface area contributed by atoms with Crippen LogP contribution < -0.4 is 0 Å². The van der Waals surface area contributed by atoms with Crippen LogP contribution in [0.5, 0.6) is 0 Å². The summed E-state index contributed by atoms with van der Waals surface area (Å²) >= 11 is 0. The quantitative estimate of drug-likeness (QED) is 0.0614. The third kappa shape index (κ3) is 6.53. The van der Waals surface area contributed by atoms with Gasteiger partial charge in [-0.15, -0.1) is 0 Å². The maximum Gasteiger partial charge on any atom is 0.432 e. The lowest BCUT2D eigenvalue weighted by Crippen LogP contribution is -2.61. The first-order chi connectivity index (χ1) is 23.4. The first kappa shape index (κ1) is 35.9. The molecule has 0 amide bonds. The summed E-state index contributed by atoms with van der Waals surface area (Å²) in [5.41, 5.74) is -2.77. The monoisotopic (exact) mass is 736 g/mol. The van der Waals surface area contributed by atoms with E-state index in [-0.39, 0.29) is 47.1 Å². The second-order valence-corrected chi connectivity index (χ2v) is 17.0. The van der Waals surface area contributed by atoms with E-state index >= 15 is 0 Å². The van der Waals surface area contributed by atoms with Gasteiger partial charge >= 0.3 is 23.4 Å². The van der Waals surface area contributed by atoms with Crippen molar-refractivity contribution < 1.29 is 54.0 Å². The molecule has 50 heavy (non-hydrogen) atoms. The number of esters is 2. The van der Waals surface area contributed by atoms with Crippen molar-refractivity contribution in [3.05, 3.63) is 91.0 Å². The van der Waals surface area contributed by atoms with E-state index in [2.05, 4.69) is 90.2 Å². The Hall–Kier alpha value is -3.88. The van der Waals surface area contributed by atoms with E-state index in [9.17, 15) is 44.5 Å². The molecule has 0 radical (unpaired) electrons. The van der Waals surface area contributed by atoms with E-state index in [1.807, 2.05) is 0 Å². The Balaban J connectivity index is 0.000000192. The minimum Gasteiger partial charge on any atom is -0.743 e. The lowest BCUT2D eigenvalue weighted by molar-refractivity contribution is -0.269. The van der Waals surface area contributed by atoms with E-state index < -0.39 is 50.6 Å². The molecule has 4 aliphatic rings. The van der Waals surface area contributed by atoms with Crippen molar-refractivity contribution in [2.75, 3.05) is 0 Å². The molecule has 7 nitrogen and oxygen atoms in total. The van der Waals surface area contributed by atoms with Crippen molar-refractivity contribution in [3.8, 4) is 4.90 Å². The van der Waals surface area contributed by atoms with Gasteiger partial charge in [-0.3, -0.25) is 4.79 Å². The fraction of sp³-hybridized carbons (Fsp3) is 0.389.